The normalized spacial score (nSPS) is 12.8. The highest BCUT2D eigenvalue weighted by atomic mass is 79.9. The summed E-state index contributed by atoms with van der Waals surface area (Å²) in [5.74, 6) is 0.528. The Morgan fingerprint density at radius 1 is 1.30 bits per heavy atom. The maximum Gasteiger partial charge on any atom is 0.244 e. The van der Waals surface area contributed by atoms with Crippen LogP contribution < -0.4 is 10.1 Å². The lowest BCUT2D eigenvalue weighted by atomic mass is 9.96. The number of carbonyl (C=O) groups is 1. The van der Waals surface area contributed by atoms with Crippen molar-refractivity contribution in [1.82, 2.24) is 5.32 Å². The van der Waals surface area contributed by atoms with Crippen LogP contribution in [0.25, 0.3) is 27.7 Å². The number of hydrogen-bond donors (Lipinski definition) is 1. The zero-order valence-electron chi connectivity index (χ0n) is 17.8. The van der Waals surface area contributed by atoms with Gasteiger partial charge in [0.2, 0.25) is 5.91 Å². The molecule has 3 rings (SSSR count). The quantitative estimate of drug-likeness (QED) is 0.446. The molecule has 0 bridgehead atoms. The summed E-state index contributed by atoms with van der Waals surface area (Å²) < 4.78 is 17.7. The largest absolute Gasteiger partial charge is 0.496 e. The number of methoxy groups -OCH3 is 2. The van der Waals surface area contributed by atoms with E-state index in [1.54, 1.807) is 26.6 Å². The van der Waals surface area contributed by atoms with Crippen LogP contribution in [-0.2, 0) is 9.53 Å². The number of halogens is 1. The second-order valence-corrected chi connectivity index (χ2v) is 8.23. The number of benzene rings is 2. The van der Waals surface area contributed by atoms with Crippen LogP contribution in [0.15, 0.2) is 51.6 Å². The lowest BCUT2D eigenvalue weighted by molar-refractivity contribution is -0.117. The van der Waals surface area contributed by atoms with E-state index in [1.165, 1.54) is 0 Å². The first-order valence-corrected chi connectivity index (χ1v) is 10.5. The molecular formula is C24H26BrNO4. The van der Waals surface area contributed by atoms with Crippen LogP contribution in [0.1, 0.15) is 25.0 Å². The maximum absolute atomic E-state index is 12.4. The van der Waals surface area contributed by atoms with E-state index >= 15 is 0 Å². The number of nitrogens with one attached hydrogen (secondary N) is 1. The SMILES string of the molecule is COCC(C)NC(=O)/C=C(\C)c1cc2c(-c3cccc(Br)c3)coc2c(C)c1OC. The first-order valence-electron chi connectivity index (χ1n) is 9.68. The molecule has 30 heavy (non-hydrogen) atoms. The minimum Gasteiger partial charge on any atom is -0.496 e. The van der Waals surface area contributed by atoms with E-state index in [2.05, 4.69) is 27.3 Å². The van der Waals surface area contributed by atoms with Crippen LogP contribution in [0.2, 0.25) is 0 Å². The molecule has 1 amide bonds. The van der Waals surface area contributed by atoms with Gasteiger partial charge >= 0.3 is 0 Å². The molecule has 0 aliphatic rings. The second kappa shape index (κ2) is 9.49. The van der Waals surface area contributed by atoms with E-state index in [0.717, 1.165) is 43.3 Å². The van der Waals surface area contributed by atoms with Crippen LogP contribution in [0.3, 0.4) is 0 Å². The topological polar surface area (TPSA) is 60.7 Å². The molecule has 0 fully saturated rings. The van der Waals surface area contributed by atoms with Crippen molar-refractivity contribution < 1.29 is 18.7 Å². The summed E-state index contributed by atoms with van der Waals surface area (Å²) in [6, 6.07) is 10.0. The molecule has 158 valence electrons. The van der Waals surface area contributed by atoms with E-state index in [9.17, 15) is 4.79 Å². The minimum absolute atomic E-state index is 0.0744. The van der Waals surface area contributed by atoms with Crippen LogP contribution >= 0.6 is 15.9 Å². The Morgan fingerprint density at radius 3 is 2.73 bits per heavy atom. The monoisotopic (exact) mass is 471 g/mol. The summed E-state index contributed by atoms with van der Waals surface area (Å²) in [5.41, 5.74) is 5.37. The molecule has 1 atom stereocenters. The van der Waals surface area contributed by atoms with Gasteiger partial charge in [-0.05, 0) is 50.1 Å². The van der Waals surface area contributed by atoms with Gasteiger partial charge in [-0.3, -0.25) is 4.79 Å². The number of hydrogen-bond acceptors (Lipinski definition) is 4. The Bertz CT molecular complexity index is 1100. The first-order chi connectivity index (χ1) is 14.3. The molecule has 2 aromatic carbocycles. The number of furan rings is 1. The molecule has 0 aliphatic heterocycles. The Balaban J connectivity index is 2.08. The zero-order chi connectivity index (χ0) is 21.8. The summed E-state index contributed by atoms with van der Waals surface area (Å²) >= 11 is 3.53. The van der Waals surface area contributed by atoms with E-state index < -0.39 is 0 Å². The van der Waals surface area contributed by atoms with Crippen molar-refractivity contribution >= 4 is 38.4 Å². The molecule has 3 aromatic rings. The number of carbonyl (C=O) groups excluding carboxylic acids is 1. The van der Waals surface area contributed by atoms with Crippen molar-refractivity contribution in [1.29, 1.82) is 0 Å². The van der Waals surface area contributed by atoms with Crippen LogP contribution in [0.5, 0.6) is 5.75 Å². The zero-order valence-corrected chi connectivity index (χ0v) is 19.4. The third-order valence-corrected chi connectivity index (χ3v) is 5.45. The van der Waals surface area contributed by atoms with Gasteiger partial charge in [-0.1, -0.05) is 28.1 Å². The number of ether oxygens (including phenoxy) is 2. The third kappa shape index (κ3) is 4.60. The first kappa shape index (κ1) is 22.1. The molecule has 5 nitrogen and oxygen atoms in total. The van der Waals surface area contributed by atoms with E-state index in [0.29, 0.717) is 12.4 Å². The van der Waals surface area contributed by atoms with Gasteiger partial charge in [0.25, 0.3) is 0 Å². The smallest absolute Gasteiger partial charge is 0.244 e. The molecule has 1 unspecified atom stereocenters. The standard InChI is InChI=1S/C24H26BrNO4/c1-14(9-22(27)26-15(2)12-28-4)19-11-20-21(17-7-6-8-18(25)10-17)13-30-24(20)16(3)23(19)29-5/h6-11,13,15H,12H2,1-5H3,(H,26,27)/b14-9+. The van der Waals surface area contributed by atoms with Gasteiger partial charge in [-0.2, -0.15) is 0 Å². The highest BCUT2D eigenvalue weighted by Crippen LogP contribution is 2.40. The summed E-state index contributed by atoms with van der Waals surface area (Å²) in [4.78, 5) is 12.4. The third-order valence-electron chi connectivity index (χ3n) is 4.96. The Kier molecular flexibility index (Phi) is 7.00. The predicted molar refractivity (Wildman–Crippen MR) is 124 cm³/mol. The number of amides is 1. The molecule has 1 aromatic heterocycles. The van der Waals surface area contributed by atoms with Gasteiger partial charge in [-0.25, -0.2) is 0 Å². The Labute approximate surface area is 185 Å². The van der Waals surface area contributed by atoms with Crippen molar-refractivity contribution in [3.05, 3.63) is 58.3 Å². The fourth-order valence-electron chi connectivity index (χ4n) is 3.60. The second-order valence-electron chi connectivity index (χ2n) is 7.31. The minimum atomic E-state index is -0.170. The van der Waals surface area contributed by atoms with Gasteiger partial charge in [0.1, 0.15) is 11.3 Å². The van der Waals surface area contributed by atoms with E-state index in [4.69, 9.17) is 13.9 Å². The molecule has 6 heteroatoms. The van der Waals surface area contributed by atoms with Crippen molar-refractivity contribution in [2.24, 2.45) is 0 Å². The van der Waals surface area contributed by atoms with Gasteiger partial charge in [-0.15, -0.1) is 0 Å². The Hall–Kier alpha value is -2.57. The fourth-order valence-corrected chi connectivity index (χ4v) is 4.00. The average Bonchev–Trinajstić information content (AvgIpc) is 3.12. The van der Waals surface area contributed by atoms with Gasteiger partial charge in [0.05, 0.1) is 20.0 Å². The highest BCUT2D eigenvalue weighted by molar-refractivity contribution is 9.10. The van der Waals surface area contributed by atoms with Gasteiger partial charge in [0, 0.05) is 45.8 Å². The van der Waals surface area contributed by atoms with E-state index in [-0.39, 0.29) is 11.9 Å². The Morgan fingerprint density at radius 2 is 2.07 bits per heavy atom. The van der Waals surface area contributed by atoms with Crippen molar-refractivity contribution in [3.8, 4) is 16.9 Å². The highest BCUT2D eigenvalue weighted by Gasteiger charge is 2.19. The van der Waals surface area contributed by atoms with Crippen LogP contribution in [0.4, 0.5) is 0 Å². The fraction of sp³-hybridized carbons (Fsp3) is 0.292. The van der Waals surface area contributed by atoms with Gasteiger partial charge in [0.15, 0.2) is 0 Å². The summed E-state index contributed by atoms with van der Waals surface area (Å²) in [5, 5.41) is 3.88. The molecule has 0 radical (unpaired) electrons. The summed E-state index contributed by atoms with van der Waals surface area (Å²) in [7, 11) is 3.24. The lowest BCUT2D eigenvalue weighted by Gasteiger charge is -2.14. The maximum atomic E-state index is 12.4. The number of fused-ring (bicyclic) bond motifs is 1. The summed E-state index contributed by atoms with van der Waals surface area (Å²) in [6.07, 6.45) is 3.36. The number of aryl methyl sites for hydroxylation is 1. The average molecular weight is 472 g/mol. The molecule has 0 saturated carbocycles. The predicted octanol–water partition coefficient (Wildman–Crippen LogP) is 5.73. The molecular weight excluding hydrogens is 446 g/mol. The van der Waals surface area contributed by atoms with E-state index in [1.807, 2.05) is 45.0 Å². The lowest BCUT2D eigenvalue weighted by Crippen LogP contribution is -2.34. The van der Waals surface area contributed by atoms with Crippen molar-refractivity contribution in [3.63, 3.8) is 0 Å². The molecule has 1 N–H and O–H groups in total. The number of rotatable bonds is 7. The van der Waals surface area contributed by atoms with Gasteiger partial charge < -0.3 is 19.2 Å². The van der Waals surface area contributed by atoms with Crippen molar-refractivity contribution in [2.45, 2.75) is 26.8 Å². The van der Waals surface area contributed by atoms with Crippen LogP contribution in [-0.4, -0.2) is 32.8 Å². The van der Waals surface area contributed by atoms with Crippen LogP contribution in [0, 0.1) is 6.92 Å². The molecule has 0 aliphatic carbocycles. The molecule has 1 heterocycles. The summed E-state index contributed by atoms with van der Waals surface area (Å²) in [6.45, 7) is 6.23. The van der Waals surface area contributed by atoms with Crippen molar-refractivity contribution in [2.75, 3.05) is 20.8 Å². The molecule has 0 spiro atoms. The molecule has 0 saturated heterocycles. The number of allylic oxidation sites excluding steroid dienone is 1.